The van der Waals surface area contributed by atoms with Crippen LogP contribution in [0.3, 0.4) is 0 Å². The highest BCUT2D eigenvalue weighted by atomic mass is 32.2. The predicted molar refractivity (Wildman–Crippen MR) is 129 cm³/mol. The standard InChI is InChI=1S/C25H31N3O4S/c1-19(25(29)26-18-20-8-7-9-22(16-20)32-2)28-15-12-21-17-23(10-11-24(21)28)33(30,31)27-13-5-3-4-6-14-27/h7-12,15-17,19H,3-6,13-14,18H2,1-2H3,(H,26,29)/t19-/m1/s1. The van der Waals surface area contributed by atoms with E-state index >= 15 is 0 Å². The van der Waals surface area contributed by atoms with Gasteiger partial charge in [0.1, 0.15) is 11.8 Å². The lowest BCUT2D eigenvalue weighted by Gasteiger charge is -2.20. The summed E-state index contributed by atoms with van der Waals surface area (Å²) >= 11 is 0. The molecular weight excluding hydrogens is 438 g/mol. The maximum atomic E-state index is 13.1. The van der Waals surface area contributed by atoms with E-state index < -0.39 is 16.1 Å². The van der Waals surface area contributed by atoms with Gasteiger partial charge in [-0.05, 0) is 61.7 Å². The first kappa shape index (κ1) is 23.3. The number of amides is 1. The third-order valence-electron chi connectivity index (χ3n) is 6.29. The zero-order chi connectivity index (χ0) is 23.4. The predicted octanol–water partition coefficient (Wildman–Crippen LogP) is 4.09. The molecule has 2 aromatic carbocycles. The highest BCUT2D eigenvalue weighted by Crippen LogP contribution is 2.26. The molecule has 1 aromatic heterocycles. The number of ether oxygens (including phenoxy) is 1. The fourth-order valence-corrected chi connectivity index (χ4v) is 5.87. The summed E-state index contributed by atoms with van der Waals surface area (Å²) in [5, 5.41) is 3.77. The number of hydrogen-bond donors (Lipinski definition) is 1. The first-order valence-corrected chi connectivity index (χ1v) is 12.9. The van der Waals surface area contributed by atoms with E-state index in [0.29, 0.717) is 24.5 Å². The fraction of sp³-hybridized carbons (Fsp3) is 0.400. The smallest absolute Gasteiger partial charge is 0.243 e. The normalized spacial score (nSPS) is 16.3. The molecule has 1 N–H and O–H groups in total. The quantitative estimate of drug-likeness (QED) is 0.565. The van der Waals surface area contributed by atoms with Gasteiger partial charge in [0.25, 0.3) is 0 Å². The van der Waals surface area contributed by atoms with E-state index in [4.69, 9.17) is 4.74 Å². The van der Waals surface area contributed by atoms with E-state index in [1.54, 1.807) is 29.6 Å². The number of sulfonamides is 1. The van der Waals surface area contributed by atoms with Crippen LogP contribution >= 0.6 is 0 Å². The molecule has 0 saturated carbocycles. The number of methoxy groups -OCH3 is 1. The van der Waals surface area contributed by atoms with Crippen LogP contribution < -0.4 is 10.1 Å². The van der Waals surface area contributed by atoms with Crippen LogP contribution in [0.2, 0.25) is 0 Å². The van der Waals surface area contributed by atoms with E-state index in [1.165, 1.54) is 0 Å². The molecule has 1 aliphatic rings. The van der Waals surface area contributed by atoms with Gasteiger partial charge in [-0.3, -0.25) is 4.79 Å². The Morgan fingerprint density at radius 1 is 1.06 bits per heavy atom. The molecule has 7 nitrogen and oxygen atoms in total. The summed E-state index contributed by atoms with van der Waals surface area (Å²) in [6.45, 7) is 3.39. The lowest BCUT2D eigenvalue weighted by Crippen LogP contribution is -2.32. The van der Waals surface area contributed by atoms with Crippen LogP contribution in [0.5, 0.6) is 5.75 Å². The van der Waals surface area contributed by atoms with Crippen LogP contribution in [0, 0.1) is 0 Å². The Balaban J connectivity index is 1.49. The van der Waals surface area contributed by atoms with Crippen molar-refractivity contribution in [3.05, 3.63) is 60.3 Å². The number of carbonyl (C=O) groups is 1. The molecule has 1 aliphatic heterocycles. The van der Waals surface area contributed by atoms with Crippen molar-refractivity contribution in [3.63, 3.8) is 0 Å². The molecule has 1 fully saturated rings. The first-order chi connectivity index (χ1) is 15.9. The van der Waals surface area contributed by atoms with Gasteiger partial charge < -0.3 is 14.6 Å². The second kappa shape index (κ2) is 9.97. The number of aromatic nitrogens is 1. The minimum atomic E-state index is -3.51. The van der Waals surface area contributed by atoms with Gasteiger partial charge in [-0.2, -0.15) is 4.31 Å². The molecule has 176 valence electrons. The average molecular weight is 470 g/mol. The Morgan fingerprint density at radius 2 is 1.82 bits per heavy atom. The second-order valence-electron chi connectivity index (χ2n) is 8.51. The molecule has 33 heavy (non-hydrogen) atoms. The van der Waals surface area contributed by atoms with Gasteiger partial charge in [-0.15, -0.1) is 0 Å². The minimum Gasteiger partial charge on any atom is -0.497 e. The van der Waals surface area contributed by atoms with Crippen molar-refractivity contribution >= 4 is 26.8 Å². The van der Waals surface area contributed by atoms with Gasteiger partial charge in [0.15, 0.2) is 0 Å². The van der Waals surface area contributed by atoms with Crippen molar-refractivity contribution in [2.45, 2.75) is 50.1 Å². The summed E-state index contributed by atoms with van der Waals surface area (Å²) in [7, 11) is -1.90. The van der Waals surface area contributed by atoms with E-state index in [-0.39, 0.29) is 5.91 Å². The largest absolute Gasteiger partial charge is 0.497 e. The molecule has 2 heterocycles. The minimum absolute atomic E-state index is 0.114. The number of carbonyl (C=O) groups excluding carboxylic acids is 1. The van der Waals surface area contributed by atoms with Crippen LogP contribution in [-0.4, -0.2) is 43.4 Å². The van der Waals surface area contributed by atoms with Crippen LogP contribution in [0.1, 0.15) is 44.2 Å². The maximum Gasteiger partial charge on any atom is 0.243 e. The molecular formula is C25H31N3O4S. The highest BCUT2D eigenvalue weighted by molar-refractivity contribution is 7.89. The first-order valence-electron chi connectivity index (χ1n) is 11.4. The van der Waals surface area contributed by atoms with Crippen LogP contribution in [0.25, 0.3) is 10.9 Å². The van der Waals surface area contributed by atoms with Crippen molar-refractivity contribution in [1.82, 2.24) is 14.2 Å². The van der Waals surface area contributed by atoms with Gasteiger partial charge in [0.2, 0.25) is 15.9 Å². The summed E-state index contributed by atoms with van der Waals surface area (Å²) in [6.07, 6.45) is 5.79. The number of rotatable bonds is 7. The monoisotopic (exact) mass is 469 g/mol. The number of fused-ring (bicyclic) bond motifs is 1. The fourth-order valence-electron chi connectivity index (χ4n) is 4.32. The molecule has 0 spiro atoms. The van der Waals surface area contributed by atoms with Crippen LogP contribution in [-0.2, 0) is 21.4 Å². The highest BCUT2D eigenvalue weighted by Gasteiger charge is 2.26. The number of benzene rings is 2. The van der Waals surface area contributed by atoms with E-state index in [0.717, 1.165) is 47.9 Å². The summed E-state index contributed by atoms with van der Waals surface area (Å²) in [5.74, 6) is 0.633. The van der Waals surface area contributed by atoms with Gasteiger partial charge in [-0.25, -0.2) is 8.42 Å². The third kappa shape index (κ3) is 5.07. The second-order valence-corrected chi connectivity index (χ2v) is 10.4. The zero-order valence-electron chi connectivity index (χ0n) is 19.2. The zero-order valence-corrected chi connectivity index (χ0v) is 20.0. The van der Waals surface area contributed by atoms with Gasteiger partial charge in [-0.1, -0.05) is 25.0 Å². The molecule has 1 amide bonds. The Kier molecular flexibility index (Phi) is 7.05. The summed E-state index contributed by atoms with van der Waals surface area (Å²) in [5.41, 5.74) is 1.78. The van der Waals surface area contributed by atoms with E-state index in [9.17, 15) is 13.2 Å². The van der Waals surface area contributed by atoms with Crippen LogP contribution in [0.15, 0.2) is 59.6 Å². The maximum absolute atomic E-state index is 13.1. The summed E-state index contributed by atoms with van der Waals surface area (Å²) in [6, 6.07) is 14.2. The molecule has 0 unspecified atom stereocenters. The molecule has 4 rings (SSSR count). The summed E-state index contributed by atoms with van der Waals surface area (Å²) < 4.78 is 35.0. The van der Waals surface area contributed by atoms with Gasteiger partial charge in [0, 0.05) is 36.7 Å². The topological polar surface area (TPSA) is 80.6 Å². The van der Waals surface area contributed by atoms with Crippen molar-refractivity contribution in [3.8, 4) is 5.75 Å². The Hall–Kier alpha value is -2.84. The van der Waals surface area contributed by atoms with Gasteiger partial charge in [0.05, 0.1) is 12.0 Å². The molecule has 8 heteroatoms. The number of nitrogens with one attached hydrogen (secondary N) is 1. The lowest BCUT2D eigenvalue weighted by atomic mass is 10.2. The molecule has 0 aliphatic carbocycles. The Labute approximate surface area is 195 Å². The van der Waals surface area contributed by atoms with Crippen molar-refractivity contribution in [2.24, 2.45) is 0 Å². The Morgan fingerprint density at radius 3 is 2.55 bits per heavy atom. The van der Waals surface area contributed by atoms with Crippen molar-refractivity contribution in [1.29, 1.82) is 0 Å². The van der Waals surface area contributed by atoms with Gasteiger partial charge >= 0.3 is 0 Å². The molecule has 0 radical (unpaired) electrons. The summed E-state index contributed by atoms with van der Waals surface area (Å²) in [4.78, 5) is 13.1. The lowest BCUT2D eigenvalue weighted by molar-refractivity contribution is -0.123. The van der Waals surface area contributed by atoms with E-state index in [1.807, 2.05) is 48.0 Å². The van der Waals surface area contributed by atoms with Crippen molar-refractivity contribution in [2.75, 3.05) is 20.2 Å². The molecule has 0 bridgehead atoms. The Bertz CT molecular complexity index is 1230. The SMILES string of the molecule is COc1cccc(CNC(=O)[C@@H](C)n2ccc3cc(S(=O)(=O)N4CCCCCC4)ccc32)c1. The number of nitrogens with zero attached hydrogens (tertiary/aromatic N) is 2. The molecule has 1 atom stereocenters. The van der Waals surface area contributed by atoms with E-state index in [2.05, 4.69) is 5.32 Å². The average Bonchev–Trinajstić information content (AvgIpc) is 3.05. The van der Waals surface area contributed by atoms with Crippen LogP contribution in [0.4, 0.5) is 0 Å². The third-order valence-corrected chi connectivity index (χ3v) is 8.19. The number of hydrogen-bond acceptors (Lipinski definition) is 4. The molecule has 1 saturated heterocycles. The molecule has 3 aromatic rings. The van der Waals surface area contributed by atoms with Crippen molar-refractivity contribution < 1.29 is 17.9 Å².